The molecule has 2 aliphatic heterocycles. The number of nitrogens with zero attached hydrogens (tertiary/aromatic N) is 1. The molecule has 0 unspecified atom stereocenters. The van der Waals surface area contributed by atoms with Crippen LogP contribution >= 0.6 is 0 Å². The number of rotatable bonds is 6. The van der Waals surface area contributed by atoms with Crippen LogP contribution in [0.3, 0.4) is 0 Å². The highest BCUT2D eigenvalue weighted by Crippen LogP contribution is 2.36. The minimum Gasteiger partial charge on any atom is -0.508 e. The van der Waals surface area contributed by atoms with E-state index >= 15 is 0 Å². The van der Waals surface area contributed by atoms with Crippen molar-refractivity contribution >= 4 is 0 Å². The molecule has 2 atom stereocenters. The maximum absolute atomic E-state index is 9.83. The van der Waals surface area contributed by atoms with Crippen LogP contribution in [-0.2, 0) is 6.61 Å². The summed E-state index contributed by atoms with van der Waals surface area (Å²) in [5.74, 6) is 3.06. The van der Waals surface area contributed by atoms with Gasteiger partial charge in [-0.15, -0.1) is 0 Å². The normalized spacial score (nSPS) is 20.6. The predicted molar refractivity (Wildman–Crippen MR) is 124 cm³/mol. The fourth-order valence-electron chi connectivity index (χ4n) is 4.58. The second-order valence-corrected chi connectivity index (χ2v) is 8.63. The SMILES string of the molecule is Oc1cccc([C@H]2CCCN(C[C@H]3COc4ccc(OCc5ccccc5)cc4O3)C2)c1. The molecule has 3 aromatic rings. The standard InChI is InChI=1S/C27H29NO4/c29-23-10-4-8-21(14-23)22-9-5-13-28(16-22)17-25-19-31-26-12-11-24(15-27(26)32-25)30-18-20-6-2-1-3-7-20/h1-4,6-8,10-12,14-15,22,25,29H,5,9,13,16-19H2/t22-,25-/m0/s1. The minimum absolute atomic E-state index is 0.0187. The van der Waals surface area contributed by atoms with Crippen LogP contribution in [0.5, 0.6) is 23.0 Å². The maximum atomic E-state index is 9.83. The summed E-state index contributed by atoms with van der Waals surface area (Å²) in [6, 6.07) is 23.6. The Morgan fingerprint density at radius 2 is 1.88 bits per heavy atom. The third kappa shape index (κ3) is 5.00. The van der Waals surface area contributed by atoms with Gasteiger partial charge in [-0.05, 0) is 60.7 Å². The largest absolute Gasteiger partial charge is 0.508 e. The van der Waals surface area contributed by atoms with E-state index in [4.69, 9.17) is 14.2 Å². The zero-order chi connectivity index (χ0) is 21.8. The number of phenols is 1. The summed E-state index contributed by atoms with van der Waals surface area (Å²) in [7, 11) is 0. The lowest BCUT2D eigenvalue weighted by Crippen LogP contribution is -2.44. The lowest BCUT2D eigenvalue weighted by atomic mass is 9.90. The average Bonchev–Trinajstić information content (AvgIpc) is 2.83. The van der Waals surface area contributed by atoms with Crippen LogP contribution in [0, 0.1) is 0 Å². The maximum Gasteiger partial charge on any atom is 0.165 e. The molecular formula is C27H29NO4. The number of likely N-dealkylation sites (tertiary alicyclic amines) is 1. The van der Waals surface area contributed by atoms with Crippen molar-refractivity contribution in [1.82, 2.24) is 4.90 Å². The van der Waals surface area contributed by atoms with Gasteiger partial charge in [0.1, 0.15) is 30.8 Å². The van der Waals surface area contributed by atoms with E-state index in [1.54, 1.807) is 6.07 Å². The zero-order valence-corrected chi connectivity index (χ0v) is 18.2. The van der Waals surface area contributed by atoms with Crippen molar-refractivity contribution in [3.05, 3.63) is 83.9 Å². The van der Waals surface area contributed by atoms with E-state index in [-0.39, 0.29) is 6.10 Å². The molecule has 0 aromatic heterocycles. The van der Waals surface area contributed by atoms with Crippen molar-refractivity contribution in [3.63, 3.8) is 0 Å². The van der Waals surface area contributed by atoms with E-state index in [1.807, 2.05) is 48.5 Å². The van der Waals surface area contributed by atoms with Gasteiger partial charge in [-0.3, -0.25) is 4.90 Å². The molecule has 32 heavy (non-hydrogen) atoms. The molecule has 0 bridgehead atoms. The van der Waals surface area contributed by atoms with Gasteiger partial charge in [0.15, 0.2) is 11.5 Å². The van der Waals surface area contributed by atoms with E-state index in [2.05, 4.69) is 23.1 Å². The molecule has 2 aliphatic rings. The van der Waals surface area contributed by atoms with Crippen LogP contribution in [0.1, 0.15) is 29.9 Å². The number of phenolic OH excluding ortho intramolecular Hbond substituents is 1. The van der Waals surface area contributed by atoms with Crippen LogP contribution in [0.4, 0.5) is 0 Å². The van der Waals surface area contributed by atoms with Crippen molar-refractivity contribution in [2.45, 2.75) is 31.5 Å². The Morgan fingerprint density at radius 1 is 0.969 bits per heavy atom. The molecule has 1 saturated heterocycles. The summed E-state index contributed by atoms with van der Waals surface area (Å²) >= 11 is 0. The first-order chi connectivity index (χ1) is 15.7. The number of benzene rings is 3. The van der Waals surface area contributed by atoms with Gasteiger partial charge in [0.25, 0.3) is 0 Å². The first-order valence-corrected chi connectivity index (χ1v) is 11.3. The highest BCUT2D eigenvalue weighted by atomic mass is 16.6. The summed E-state index contributed by atoms with van der Waals surface area (Å²) in [6.45, 7) is 3.92. The Hall–Kier alpha value is -3.18. The van der Waals surface area contributed by atoms with Gasteiger partial charge in [-0.25, -0.2) is 0 Å². The lowest BCUT2D eigenvalue weighted by molar-refractivity contribution is 0.0501. The smallest absolute Gasteiger partial charge is 0.165 e. The van der Waals surface area contributed by atoms with Crippen molar-refractivity contribution < 1.29 is 19.3 Å². The first kappa shape index (κ1) is 20.7. The number of piperidine rings is 1. The van der Waals surface area contributed by atoms with Crippen molar-refractivity contribution in [1.29, 1.82) is 0 Å². The molecule has 5 heteroatoms. The summed E-state index contributed by atoms with van der Waals surface area (Å²) in [6.07, 6.45) is 2.27. The van der Waals surface area contributed by atoms with E-state index in [9.17, 15) is 5.11 Å². The van der Waals surface area contributed by atoms with Gasteiger partial charge in [-0.1, -0.05) is 42.5 Å². The van der Waals surface area contributed by atoms with Gasteiger partial charge >= 0.3 is 0 Å². The zero-order valence-electron chi connectivity index (χ0n) is 18.2. The summed E-state index contributed by atoms with van der Waals surface area (Å²) in [5.41, 5.74) is 2.34. The van der Waals surface area contributed by atoms with E-state index < -0.39 is 0 Å². The van der Waals surface area contributed by atoms with Crippen LogP contribution < -0.4 is 14.2 Å². The van der Waals surface area contributed by atoms with Gasteiger partial charge in [0, 0.05) is 19.2 Å². The van der Waals surface area contributed by atoms with Crippen LogP contribution in [-0.4, -0.2) is 42.4 Å². The molecule has 1 fully saturated rings. The summed E-state index contributed by atoms with van der Waals surface area (Å²) < 4.78 is 18.2. The Balaban J connectivity index is 1.19. The summed E-state index contributed by atoms with van der Waals surface area (Å²) in [5, 5.41) is 9.83. The Bertz CT molecular complexity index is 1040. The highest BCUT2D eigenvalue weighted by molar-refractivity contribution is 5.46. The molecule has 0 saturated carbocycles. The fraction of sp³-hybridized carbons (Fsp3) is 0.333. The Morgan fingerprint density at radius 3 is 2.75 bits per heavy atom. The van der Waals surface area contributed by atoms with Crippen LogP contribution in [0.25, 0.3) is 0 Å². The minimum atomic E-state index is -0.0187. The number of aromatic hydroxyl groups is 1. The number of ether oxygens (including phenoxy) is 3. The second-order valence-electron chi connectivity index (χ2n) is 8.63. The molecule has 0 amide bonds. The fourth-order valence-corrected chi connectivity index (χ4v) is 4.58. The Labute approximate surface area is 189 Å². The molecular weight excluding hydrogens is 402 g/mol. The molecule has 1 N–H and O–H groups in total. The van der Waals surface area contributed by atoms with Gasteiger partial charge in [-0.2, -0.15) is 0 Å². The van der Waals surface area contributed by atoms with Crippen molar-refractivity contribution in [3.8, 4) is 23.0 Å². The molecule has 3 aromatic carbocycles. The molecule has 0 radical (unpaired) electrons. The average molecular weight is 432 g/mol. The molecule has 166 valence electrons. The Kier molecular flexibility index (Phi) is 6.17. The number of fused-ring (bicyclic) bond motifs is 1. The van der Waals surface area contributed by atoms with Crippen LogP contribution in [0.15, 0.2) is 72.8 Å². The summed E-state index contributed by atoms with van der Waals surface area (Å²) in [4.78, 5) is 2.45. The number of hydrogen-bond donors (Lipinski definition) is 1. The number of hydrogen-bond acceptors (Lipinski definition) is 5. The van der Waals surface area contributed by atoms with E-state index in [1.165, 1.54) is 5.56 Å². The molecule has 0 aliphatic carbocycles. The van der Waals surface area contributed by atoms with Gasteiger partial charge in [0.05, 0.1) is 0 Å². The molecule has 5 nitrogen and oxygen atoms in total. The lowest BCUT2D eigenvalue weighted by Gasteiger charge is -2.36. The topological polar surface area (TPSA) is 51.2 Å². The van der Waals surface area contributed by atoms with Crippen molar-refractivity contribution in [2.75, 3.05) is 26.2 Å². The predicted octanol–water partition coefficient (Wildman–Crippen LogP) is 4.99. The van der Waals surface area contributed by atoms with Gasteiger partial charge < -0.3 is 19.3 Å². The molecule has 2 heterocycles. The third-order valence-electron chi connectivity index (χ3n) is 6.19. The second kappa shape index (κ2) is 9.53. The van der Waals surface area contributed by atoms with E-state index in [0.717, 1.165) is 55.3 Å². The molecule has 0 spiro atoms. The van der Waals surface area contributed by atoms with Crippen molar-refractivity contribution in [2.24, 2.45) is 0 Å². The molecule has 5 rings (SSSR count). The van der Waals surface area contributed by atoms with E-state index in [0.29, 0.717) is 24.9 Å². The van der Waals surface area contributed by atoms with Gasteiger partial charge in [0.2, 0.25) is 0 Å². The monoisotopic (exact) mass is 431 g/mol. The first-order valence-electron chi connectivity index (χ1n) is 11.3. The third-order valence-corrected chi connectivity index (χ3v) is 6.19. The van der Waals surface area contributed by atoms with Crippen LogP contribution in [0.2, 0.25) is 0 Å². The quantitative estimate of drug-likeness (QED) is 0.596. The highest BCUT2D eigenvalue weighted by Gasteiger charge is 2.27.